The number of rotatable bonds is 8. The van der Waals surface area contributed by atoms with Crippen LogP contribution in [0.4, 0.5) is 0 Å². The molecule has 4 rings (SSSR count). The molecule has 0 saturated carbocycles. The molecule has 0 aliphatic heterocycles. The number of benzene rings is 4. The van der Waals surface area contributed by atoms with Crippen LogP contribution in [-0.4, -0.2) is 5.97 Å². The molecular formula is C31H30O2. The van der Waals surface area contributed by atoms with Gasteiger partial charge in [0.15, 0.2) is 6.10 Å². The average Bonchev–Trinajstić information content (AvgIpc) is 2.88. The first-order valence-electron chi connectivity index (χ1n) is 11.6. The number of esters is 1. The summed E-state index contributed by atoms with van der Waals surface area (Å²) in [6.45, 7) is 4.51. The smallest absolute Gasteiger partial charge is 0.339 e. The summed E-state index contributed by atoms with van der Waals surface area (Å²) < 4.78 is 5.98. The molecule has 1 atom stereocenters. The van der Waals surface area contributed by atoms with Gasteiger partial charge in [-0.25, -0.2) is 4.79 Å². The molecular weight excluding hydrogens is 404 g/mol. The molecule has 0 spiro atoms. The van der Waals surface area contributed by atoms with E-state index in [2.05, 4.69) is 38.1 Å². The summed E-state index contributed by atoms with van der Waals surface area (Å²) in [5.74, 6) is 0.361. The molecule has 0 N–H and O–H groups in total. The van der Waals surface area contributed by atoms with Crippen molar-refractivity contribution in [3.8, 4) is 11.1 Å². The standard InChI is InChI=1S/C31H30O2/c1-3-23(2)22-24-14-16-25(17-15-24)26-18-20-29(21-19-26)31(32)33-30(27-10-6-4-7-11-27)28-12-8-5-9-13-28/h4-21,23,30H,3,22H2,1-2H3. The molecule has 4 aromatic rings. The number of hydrogen-bond donors (Lipinski definition) is 0. The second kappa shape index (κ2) is 10.8. The Labute approximate surface area is 196 Å². The number of ether oxygens (including phenoxy) is 1. The van der Waals surface area contributed by atoms with Crippen molar-refractivity contribution in [2.75, 3.05) is 0 Å². The Bertz CT molecular complexity index is 1110. The first-order chi connectivity index (χ1) is 16.1. The van der Waals surface area contributed by atoms with Gasteiger partial charge >= 0.3 is 5.97 Å². The van der Waals surface area contributed by atoms with Crippen molar-refractivity contribution in [1.82, 2.24) is 0 Å². The molecule has 0 aliphatic carbocycles. The van der Waals surface area contributed by atoms with Crippen molar-refractivity contribution in [2.24, 2.45) is 5.92 Å². The Hall–Kier alpha value is -3.65. The number of hydrogen-bond acceptors (Lipinski definition) is 2. The molecule has 0 aromatic heterocycles. The summed E-state index contributed by atoms with van der Waals surface area (Å²) in [6.07, 6.45) is 1.85. The highest BCUT2D eigenvalue weighted by Crippen LogP contribution is 2.28. The third-order valence-electron chi connectivity index (χ3n) is 6.12. The minimum absolute atomic E-state index is 0.330. The van der Waals surface area contributed by atoms with Crippen LogP contribution in [-0.2, 0) is 11.2 Å². The van der Waals surface area contributed by atoms with Gasteiger partial charge in [-0.1, -0.05) is 117 Å². The van der Waals surface area contributed by atoms with Crippen LogP contribution in [0.5, 0.6) is 0 Å². The summed E-state index contributed by atoms with van der Waals surface area (Å²) in [6, 6.07) is 36.1. The van der Waals surface area contributed by atoms with Gasteiger partial charge in [-0.15, -0.1) is 0 Å². The molecule has 0 amide bonds. The largest absolute Gasteiger partial charge is 0.449 e. The van der Waals surface area contributed by atoms with Crippen LogP contribution in [0.1, 0.15) is 53.4 Å². The van der Waals surface area contributed by atoms with Crippen LogP contribution in [0.15, 0.2) is 109 Å². The van der Waals surface area contributed by atoms with E-state index in [1.807, 2.05) is 84.9 Å². The lowest BCUT2D eigenvalue weighted by atomic mass is 9.96. The second-order valence-corrected chi connectivity index (χ2v) is 8.60. The van der Waals surface area contributed by atoms with Crippen molar-refractivity contribution in [3.05, 3.63) is 131 Å². The average molecular weight is 435 g/mol. The van der Waals surface area contributed by atoms with Crippen LogP contribution >= 0.6 is 0 Å². The number of carbonyl (C=O) groups is 1. The van der Waals surface area contributed by atoms with Gasteiger partial charge < -0.3 is 4.74 Å². The Morgan fingerprint density at radius 2 is 1.18 bits per heavy atom. The van der Waals surface area contributed by atoms with Crippen LogP contribution in [0.25, 0.3) is 11.1 Å². The zero-order valence-electron chi connectivity index (χ0n) is 19.3. The van der Waals surface area contributed by atoms with E-state index in [1.54, 1.807) is 0 Å². The molecule has 0 radical (unpaired) electrons. The second-order valence-electron chi connectivity index (χ2n) is 8.60. The first-order valence-corrected chi connectivity index (χ1v) is 11.6. The fourth-order valence-corrected chi connectivity index (χ4v) is 3.94. The molecule has 2 nitrogen and oxygen atoms in total. The van der Waals surface area contributed by atoms with E-state index in [1.165, 1.54) is 12.0 Å². The van der Waals surface area contributed by atoms with Crippen molar-refractivity contribution < 1.29 is 9.53 Å². The highest BCUT2D eigenvalue weighted by Gasteiger charge is 2.20. The van der Waals surface area contributed by atoms with Gasteiger partial charge in [-0.2, -0.15) is 0 Å². The Morgan fingerprint density at radius 3 is 1.67 bits per heavy atom. The summed E-state index contributed by atoms with van der Waals surface area (Å²) in [7, 11) is 0. The lowest BCUT2D eigenvalue weighted by Gasteiger charge is -2.19. The lowest BCUT2D eigenvalue weighted by molar-refractivity contribution is 0.0378. The summed E-state index contributed by atoms with van der Waals surface area (Å²) in [5.41, 5.74) is 6.04. The van der Waals surface area contributed by atoms with Gasteiger partial charge in [0.25, 0.3) is 0 Å². The quantitative estimate of drug-likeness (QED) is 0.264. The van der Waals surface area contributed by atoms with E-state index in [9.17, 15) is 4.79 Å². The summed E-state index contributed by atoms with van der Waals surface area (Å²) >= 11 is 0. The van der Waals surface area contributed by atoms with Crippen LogP contribution < -0.4 is 0 Å². The lowest BCUT2D eigenvalue weighted by Crippen LogP contribution is -2.13. The van der Waals surface area contributed by atoms with Crippen LogP contribution in [0.2, 0.25) is 0 Å². The maximum Gasteiger partial charge on any atom is 0.339 e. The van der Waals surface area contributed by atoms with E-state index >= 15 is 0 Å². The Balaban J connectivity index is 1.49. The topological polar surface area (TPSA) is 26.3 Å². The van der Waals surface area contributed by atoms with Gasteiger partial charge in [0.2, 0.25) is 0 Å². The first kappa shape index (κ1) is 22.5. The molecule has 0 heterocycles. The molecule has 0 aliphatic rings. The predicted molar refractivity (Wildman–Crippen MR) is 135 cm³/mol. The molecule has 33 heavy (non-hydrogen) atoms. The van der Waals surface area contributed by atoms with Gasteiger partial charge in [0, 0.05) is 0 Å². The van der Waals surface area contributed by atoms with Crippen LogP contribution in [0, 0.1) is 5.92 Å². The van der Waals surface area contributed by atoms with Gasteiger partial charge in [-0.05, 0) is 52.3 Å². The van der Waals surface area contributed by atoms with Crippen molar-refractivity contribution in [1.29, 1.82) is 0 Å². The molecule has 2 heteroatoms. The molecule has 0 saturated heterocycles. The highest BCUT2D eigenvalue weighted by molar-refractivity contribution is 5.90. The maximum absolute atomic E-state index is 13.0. The monoisotopic (exact) mass is 434 g/mol. The summed E-state index contributed by atoms with van der Waals surface area (Å²) in [5, 5.41) is 0. The van der Waals surface area contributed by atoms with E-state index in [-0.39, 0.29) is 5.97 Å². The molecule has 166 valence electrons. The Kier molecular flexibility index (Phi) is 7.36. The zero-order chi connectivity index (χ0) is 23.0. The predicted octanol–water partition coefficient (Wildman–Crippen LogP) is 7.89. The van der Waals surface area contributed by atoms with E-state index in [4.69, 9.17) is 4.74 Å². The van der Waals surface area contributed by atoms with Crippen molar-refractivity contribution >= 4 is 5.97 Å². The third kappa shape index (κ3) is 5.78. The molecule has 0 bridgehead atoms. The van der Waals surface area contributed by atoms with E-state index < -0.39 is 6.10 Å². The van der Waals surface area contributed by atoms with E-state index in [0.717, 1.165) is 28.7 Å². The van der Waals surface area contributed by atoms with E-state index in [0.29, 0.717) is 11.5 Å². The van der Waals surface area contributed by atoms with Crippen molar-refractivity contribution in [3.63, 3.8) is 0 Å². The zero-order valence-corrected chi connectivity index (χ0v) is 19.3. The fourth-order valence-electron chi connectivity index (χ4n) is 3.94. The normalized spacial score (nSPS) is 11.8. The molecule has 1 unspecified atom stereocenters. The minimum atomic E-state index is -0.447. The van der Waals surface area contributed by atoms with Gasteiger partial charge in [-0.3, -0.25) is 0 Å². The third-order valence-corrected chi connectivity index (χ3v) is 6.12. The SMILES string of the molecule is CCC(C)Cc1ccc(-c2ccc(C(=O)OC(c3ccccc3)c3ccccc3)cc2)cc1. The van der Waals surface area contributed by atoms with Gasteiger partial charge in [0.05, 0.1) is 5.56 Å². The van der Waals surface area contributed by atoms with Crippen molar-refractivity contribution in [2.45, 2.75) is 32.8 Å². The van der Waals surface area contributed by atoms with Crippen LogP contribution in [0.3, 0.4) is 0 Å². The molecule has 4 aromatic carbocycles. The minimum Gasteiger partial charge on any atom is -0.449 e. The maximum atomic E-state index is 13.0. The Morgan fingerprint density at radius 1 is 0.697 bits per heavy atom. The summed E-state index contributed by atoms with van der Waals surface area (Å²) in [4.78, 5) is 13.0. The number of carbonyl (C=O) groups excluding carboxylic acids is 1. The fraction of sp³-hybridized carbons (Fsp3) is 0.194. The highest BCUT2D eigenvalue weighted by atomic mass is 16.5. The van der Waals surface area contributed by atoms with Gasteiger partial charge in [0.1, 0.15) is 0 Å². The molecule has 0 fully saturated rings.